The average Bonchev–Trinajstić information content (AvgIpc) is 2.79. The zero-order chi connectivity index (χ0) is 26.6. The Hall–Kier alpha value is -2.50. The van der Waals surface area contributed by atoms with Gasteiger partial charge in [-0.05, 0) is 87.8 Å². The first kappa shape index (κ1) is 28.1. The fourth-order valence-corrected chi connectivity index (χ4v) is 15.9. The van der Waals surface area contributed by atoms with Gasteiger partial charge in [-0.25, -0.2) is 4.79 Å². The SMILES string of the molecule is CC1(C)CC[Si](C)(CCCOc2ccc(C(F)(F)Oc3ccc(C=CC(=O)O)cc3)cc2)[Si](C)(C)O1. The molecule has 9 heteroatoms. The molecule has 196 valence electrons. The molecule has 1 heterocycles. The first-order valence-electron chi connectivity index (χ1n) is 12.2. The van der Waals surface area contributed by atoms with Gasteiger partial charge in [0.1, 0.15) is 11.5 Å². The number of carbonyl (C=O) groups is 1. The van der Waals surface area contributed by atoms with Gasteiger partial charge in [0.05, 0.1) is 25.4 Å². The summed E-state index contributed by atoms with van der Waals surface area (Å²) >= 11 is 0. The molecule has 0 radical (unpaired) electrons. The first-order valence-corrected chi connectivity index (χ1v) is 19.1. The maximum absolute atomic E-state index is 14.7. The van der Waals surface area contributed by atoms with E-state index in [1.165, 1.54) is 60.7 Å². The highest BCUT2D eigenvalue weighted by Crippen LogP contribution is 2.41. The summed E-state index contributed by atoms with van der Waals surface area (Å²) in [5.41, 5.74) is 0.269. The van der Waals surface area contributed by atoms with Gasteiger partial charge in [0.25, 0.3) is 0 Å². The average molecular weight is 535 g/mol. The van der Waals surface area contributed by atoms with Crippen molar-refractivity contribution in [2.24, 2.45) is 0 Å². The normalized spacial score (nSPS) is 21.3. The Bertz CT molecular complexity index is 1070. The van der Waals surface area contributed by atoms with Gasteiger partial charge in [0, 0.05) is 6.08 Å². The van der Waals surface area contributed by atoms with E-state index in [9.17, 15) is 13.6 Å². The summed E-state index contributed by atoms with van der Waals surface area (Å²) < 4.78 is 46.6. The lowest BCUT2D eigenvalue weighted by Crippen LogP contribution is -2.65. The highest BCUT2D eigenvalue weighted by molar-refractivity contribution is 7.38. The quantitative estimate of drug-likeness (QED) is 0.198. The van der Waals surface area contributed by atoms with E-state index in [1.54, 1.807) is 0 Å². The maximum atomic E-state index is 14.7. The third kappa shape index (κ3) is 7.27. The molecule has 0 saturated carbocycles. The van der Waals surface area contributed by atoms with Crippen LogP contribution in [0.5, 0.6) is 11.5 Å². The largest absolute Gasteiger partial charge is 0.494 e. The van der Waals surface area contributed by atoms with Crippen molar-refractivity contribution in [2.75, 3.05) is 6.61 Å². The standard InChI is InChI=1S/C27H36F2O5Si2/c1-26(2)17-20-36(5,35(3,4)34-26)19-6-18-32-23-14-10-22(11-15-23)27(28,29)33-24-12-7-21(8-13-24)9-16-25(30)31/h7-16H,6,17-20H2,1-5H3,(H,30,31). The number of rotatable bonds is 10. The van der Waals surface area contributed by atoms with Crippen LogP contribution in [0, 0.1) is 0 Å². The van der Waals surface area contributed by atoms with Gasteiger partial charge in [-0.3, -0.25) is 0 Å². The summed E-state index contributed by atoms with van der Waals surface area (Å²) in [7, 11) is -3.21. The number of halogens is 2. The number of carboxylic acid groups (broad SMARTS) is 1. The van der Waals surface area contributed by atoms with E-state index in [-0.39, 0.29) is 16.9 Å². The van der Waals surface area contributed by atoms with E-state index < -0.39 is 27.5 Å². The lowest BCUT2D eigenvalue weighted by molar-refractivity contribution is -0.185. The number of aliphatic carboxylic acids is 1. The maximum Gasteiger partial charge on any atom is 0.426 e. The molecular weight excluding hydrogens is 498 g/mol. The van der Waals surface area contributed by atoms with Crippen LogP contribution in [0.3, 0.4) is 0 Å². The Morgan fingerprint density at radius 3 is 2.28 bits per heavy atom. The molecule has 1 unspecified atom stereocenters. The van der Waals surface area contributed by atoms with E-state index in [0.717, 1.165) is 25.0 Å². The van der Waals surface area contributed by atoms with Crippen LogP contribution >= 0.6 is 0 Å². The van der Waals surface area contributed by atoms with Crippen molar-refractivity contribution in [3.8, 4) is 11.5 Å². The van der Waals surface area contributed by atoms with Crippen molar-refractivity contribution in [2.45, 2.75) is 70.1 Å². The topological polar surface area (TPSA) is 65.0 Å². The van der Waals surface area contributed by atoms with Crippen molar-refractivity contribution in [3.05, 3.63) is 65.7 Å². The van der Waals surface area contributed by atoms with Gasteiger partial charge < -0.3 is 19.0 Å². The van der Waals surface area contributed by atoms with E-state index in [2.05, 4.69) is 33.5 Å². The van der Waals surface area contributed by atoms with E-state index in [1.807, 2.05) is 0 Å². The summed E-state index contributed by atoms with van der Waals surface area (Å²) in [4.78, 5) is 10.6. The van der Waals surface area contributed by atoms with Gasteiger partial charge in [0.15, 0.2) is 7.83 Å². The molecule has 2 aromatic rings. The highest BCUT2D eigenvalue weighted by Gasteiger charge is 2.52. The molecule has 1 aliphatic heterocycles. The molecule has 1 saturated heterocycles. The predicted octanol–water partition coefficient (Wildman–Crippen LogP) is 7.24. The molecule has 3 rings (SSSR count). The van der Waals surface area contributed by atoms with Gasteiger partial charge >= 0.3 is 12.1 Å². The molecule has 1 atom stereocenters. The fourth-order valence-electron chi connectivity index (χ4n) is 4.59. The minimum atomic E-state index is -3.53. The van der Waals surface area contributed by atoms with Crippen molar-refractivity contribution >= 4 is 27.5 Å². The van der Waals surface area contributed by atoms with Crippen molar-refractivity contribution in [1.29, 1.82) is 0 Å². The molecule has 1 fully saturated rings. The second-order valence-corrected chi connectivity index (χ2v) is 25.3. The van der Waals surface area contributed by atoms with Crippen molar-refractivity contribution in [3.63, 3.8) is 0 Å². The second-order valence-electron chi connectivity index (χ2n) is 10.8. The van der Waals surface area contributed by atoms with Crippen LogP contribution in [0.4, 0.5) is 8.78 Å². The molecule has 1 aliphatic rings. The molecule has 0 aromatic heterocycles. The molecule has 0 bridgehead atoms. The van der Waals surface area contributed by atoms with Crippen LogP contribution in [-0.4, -0.2) is 38.7 Å². The van der Waals surface area contributed by atoms with Gasteiger partial charge in [-0.1, -0.05) is 30.8 Å². The van der Waals surface area contributed by atoms with Crippen molar-refractivity contribution < 1.29 is 32.6 Å². The number of carboxylic acids is 1. The van der Waals surface area contributed by atoms with Gasteiger partial charge in [-0.15, -0.1) is 0 Å². The van der Waals surface area contributed by atoms with E-state index >= 15 is 0 Å². The van der Waals surface area contributed by atoms with Crippen LogP contribution < -0.4 is 9.47 Å². The van der Waals surface area contributed by atoms with Gasteiger partial charge in [0.2, 0.25) is 0 Å². The number of benzene rings is 2. The molecular formula is C27H36F2O5Si2. The lowest BCUT2D eigenvalue weighted by atomic mass is 10.1. The number of hydrogen-bond acceptors (Lipinski definition) is 4. The lowest BCUT2D eigenvalue weighted by Gasteiger charge is -2.51. The Labute approximate surface area is 214 Å². The predicted molar refractivity (Wildman–Crippen MR) is 143 cm³/mol. The Morgan fingerprint density at radius 2 is 1.69 bits per heavy atom. The minimum absolute atomic E-state index is 0.0189. The third-order valence-corrected chi connectivity index (χ3v) is 24.4. The van der Waals surface area contributed by atoms with E-state index in [0.29, 0.717) is 17.9 Å². The summed E-state index contributed by atoms with van der Waals surface area (Å²) in [5.74, 6) is -0.556. The molecule has 0 spiro atoms. The molecule has 2 aromatic carbocycles. The molecule has 36 heavy (non-hydrogen) atoms. The summed E-state index contributed by atoms with van der Waals surface area (Å²) in [6.07, 6.45) is 0.863. The zero-order valence-corrected chi connectivity index (χ0v) is 23.6. The summed E-state index contributed by atoms with van der Waals surface area (Å²) in [6, 6.07) is 13.9. The van der Waals surface area contributed by atoms with Crippen LogP contribution in [0.1, 0.15) is 37.8 Å². The summed E-state index contributed by atoms with van der Waals surface area (Å²) in [5, 5.41) is 8.67. The van der Waals surface area contributed by atoms with Crippen molar-refractivity contribution in [1.82, 2.24) is 0 Å². The monoisotopic (exact) mass is 534 g/mol. The van der Waals surface area contributed by atoms with E-state index in [4.69, 9.17) is 19.0 Å². The molecule has 5 nitrogen and oxygen atoms in total. The number of ether oxygens (including phenoxy) is 2. The second kappa shape index (κ2) is 10.9. The number of hydrogen-bond donors (Lipinski definition) is 1. The van der Waals surface area contributed by atoms with Crippen LogP contribution in [0.2, 0.25) is 31.7 Å². The molecule has 0 aliphatic carbocycles. The smallest absolute Gasteiger partial charge is 0.426 e. The first-order chi connectivity index (χ1) is 16.7. The highest BCUT2D eigenvalue weighted by atomic mass is 29.3. The summed E-state index contributed by atoms with van der Waals surface area (Å²) in [6.45, 7) is 12.1. The fraction of sp³-hybridized carbons (Fsp3) is 0.444. The molecule has 1 N–H and O–H groups in total. The third-order valence-electron chi connectivity index (χ3n) is 7.14. The molecule has 0 amide bonds. The zero-order valence-electron chi connectivity index (χ0n) is 21.6. The minimum Gasteiger partial charge on any atom is -0.494 e. The van der Waals surface area contributed by atoms with Crippen LogP contribution in [0.15, 0.2) is 54.6 Å². The van der Waals surface area contributed by atoms with Crippen LogP contribution in [0.25, 0.3) is 6.08 Å². The van der Waals surface area contributed by atoms with Crippen LogP contribution in [-0.2, 0) is 15.3 Å². The number of alkyl halides is 2. The van der Waals surface area contributed by atoms with Gasteiger partial charge in [-0.2, -0.15) is 8.78 Å². The Balaban J connectivity index is 1.51. The Kier molecular flexibility index (Phi) is 8.47. The Morgan fingerprint density at radius 1 is 1.08 bits per heavy atom.